The number of hydrogen-bond donors (Lipinski definition) is 1. The van der Waals surface area contributed by atoms with Crippen LogP contribution in [-0.2, 0) is 14.9 Å². The number of hydrogen-bond acceptors (Lipinski definition) is 1. The Balaban J connectivity index is 0.000000236. The van der Waals surface area contributed by atoms with E-state index in [9.17, 15) is 0 Å². The summed E-state index contributed by atoms with van der Waals surface area (Å²) in [4.78, 5) is 0. The first-order valence-corrected chi connectivity index (χ1v) is 4.55. The maximum absolute atomic E-state index is 8.71. The van der Waals surface area contributed by atoms with Crippen LogP contribution in [0.3, 0.4) is 0 Å². The normalized spacial score (nSPS) is 7.40. The topological polar surface area (TPSA) is 17.1 Å². The van der Waals surface area contributed by atoms with Gasteiger partial charge in [-0.3, -0.25) is 0 Å². The molecule has 0 aliphatic heterocycles. The summed E-state index contributed by atoms with van der Waals surface area (Å²) >= 11 is 3.15. The Hall–Kier alpha value is -0.410. The quantitative estimate of drug-likeness (QED) is 0.362. The Labute approximate surface area is 69.8 Å². The molecule has 10 heavy (non-hydrogen) atoms. The molecule has 0 radical (unpaired) electrons. The van der Waals surface area contributed by atoms with E-state index in [-0.39, 0.29) is 10.7 Å². The van der Waals surface area contributed by atoms with Crippen LogP contribution in [0.2, 0.25) is 0 Å². The molecule has 0 N–H and O–H groups in total. The van der Waals surface area contributed by atoms with Crippen molar-refractivity contribution in [2.45, 2.75) is 6.92 Å². The van der Waals surface area contributed by atoms with Gasteiger partial charge in [0.15, 0.2) is 0 Å². The van der Waals surface area contributed by atoms with E-state index in [4.69, 9.17) is 4.21 Å². The molecule has 0 bridgehead atoms. The van der Waals surface area contributed by atoms with Crippen molar-refractivity contribution in [3.63, 3.8) is 0 Å². The number of aryl methyl sites for hydroxylation is 1. The van der Waals surface area contributed by atoms with Gasteiger partial charge in [-0.15, -0.1) is 0 Å². The first-order chi connectivity index (χ1) is 4.81. The lowest BCUT2D eigenvalue weighted by molar-refractivity contribution is 0.611. The molecule has 0 aromatic heterocycles. The molecule has 54 valence electrons. The van der Waals surface area contributed by atoms with Crippen LogP contribution in [-0.4, -0.2) is 0 Å². The molecule has 1 aromatic carbocycles. The third-order valence-corrected chi connectivity index (χ3v) is 0.940. The molecule has 3 heteroatoms. The summed E-state index contributed by atoms with van der Waals surface area (Å²) in [5.74, 6) is 0. The maximum atomic E-state index is 8.71. The second-order valence-corrected chi connectivity index (χ2v) is 2.33. The second-order valence-electron chi connectivity index (χ2n) is 1.73. The molecule has 0 heterocycles. The van der Waals surface area contributed by atoms with E-state index in [0.29, 0.717) is 0 Å². The lowest BCUT2D eigenvalue weighted by Crippen LogP contribution is -1.62. The Morgan fingerprint density at radius 3 is 1.90 bits per heavy atom. The van der Waals surface area contributed by atoms with Crippen molar-refractivity contribution >= 4 is 22.4 Å². The van der Waals surface area contributed by atoms with Crippen molar-refractivity contribution < 1.29 is 4.21 Å². The summed E-state index contributed by atoms with van der Waals surface area (Å²) in [5.41, 5.74) is 1.32. The van der Waals surface area contributed by atoms with Crippen LogP contribution < -0.4 is 0 Å². The van der Waals surface area contributed by atoms with Gasteiger partial charge in [0.2, 0.25) is 11.7 Å². The lowest BCUT2D eigenvalue weighted by Gasteiger charge is -1.82. The van der Waals surface area contributed by atoms with Gasteiger partial charge in [-0.2, -0.15) is 0 Å². The number of rotatable bonds is 0. The fourth-order valence-corrected chi connectivity index (χ4v) is 0.534. The van der Waals surface area contributed by atoms with Crippen LogP contribution in [0.5, 0.6) is 0 Å². The van der Waals surface area contributed by atoms with Crippen molar-refractivity contribution in [3.05, 3.63) is 35.9 Å². The van der Waals surface area contributed by atoms with E-state index in [0.717, 1.165) is 0 Å². The summed E-state index contributed by atoms with van der Waals surface area (Å²) in [6, 6.07) is 10.3. The zero-order valence-electron chi connectivity index (χ0n) is 5.65. The highest BCUT2D eigenvalue weighted by Crippen LogP contribution is 1.92. The van der Waals surface area contributed by atoms with Crippen LogP contribution in [0.1, 0.15) is 5.56 Å². The standard InChI is InChI=1S/C7H8.OS2/c1-7-5-3-2-4-6-7;1-3-2/h2-6H,1H3;/p+1. The van der Waals surface area contributed by atoms with E-state index in [2.05, 4.69) is 30.7 Å². The molecular formula is C7H9OS2+. The minimum Gasteiger partial charge on any atom is -0.0622 e. The zero-order chi connectivity index (χ0) is 7.82. The van der Waals surface area contributed by atoms with Gasteiger partial charge in [-0.1, -0.05) is 35.9 Å². The zero-order valence-corrected chi connectivity index (χ0v) is 7.36. The largest absolute Gasteiger partial charge is 0.545 e. The van der Waals surface area contributed by atoms with Crippen molar-refractivity contribution in [2.24, 2.45) is 0 Å². The third kappa shape index (κ3) is 5.72. The van der Waals surface area contributed by atoms with Gasteiger partial charge < -0.3 is 0 Å². The van der Waals surface area contributed by atoms with Gasteiger partial charge in [0.25, 0.3) is 0 Å². The highest BCUT2D eigenvalue weighted by Gasteiger charge is 1.72. The van der Waals surface area contributed by atoms with Gasteiger partial charge in [-0.05, 0) is 6.92 Å². The minimum absolute atomic E-state index is 0.194. The maximum Gasteiger partial charge on any atom is 0.545 e. The van der Waals surface area contributed by atoms with Gasteiger partial charge >= 0.3 is 10.7 Å². The fraction of sp³-hybridized carbons (Fsp3) is 0.143. The van der Waals surface area contributed by atoms with Gasteiger partial charge in [0, 0.05) is 0 Å². The smallest absolute Gasteiger partial charge is 0.0622 e. The predicted molar refractivity (Wildman–Crippen MR) is 48.2 cm³/mol. The SMILES string of the molecule is Cc1ccccc1.O=[S+]S. The first-order valence-electron chi connectivity index (χ1n) is 2.76. The number of thiol groups is 1. The minimum atomic E-state index is 0.194. The molecule has 0 aliphatic carbocycles. The average molecular weight is 173 g/mol. The van der Waals surface area contributed by atoms with Crippen molar-refractivity contribution in [1.82, 2.24) is 0 Å². The molecule has 0 fully saturated rings. The van der Waals surface area contributed by atoms with Crippen LogP contribution >= 0.6 is 11.7 Å². The summed E-state index contributed by atoms with van der Waals surface area (Å²) < 4.78 is 8.71. The predicted octanol–water partition coefficient (Wildman–Crippen LogP) is 2.25. The molecule has 0 spiro atoms. The molecule has 0 unspecified atom stereocenters. The molecule has 1 aromatic rings. The molecular weight excluding hydrogens is 164 g/mol. The summed E-state index contributed by atoms with van der Waals surface area (Å²) in [7, 11) is 0.194. The Kier molecular flexibility index (Phi) is 6.43. The highest BCUT2D eigenvalue weighted by atomic mass is 33.1. The highest BCUT2D eigenvalue weighted by molar-refractivity contribution is 8.51. The van der Waals surface area contributed by atoms with E-state index in [1.807, 2.05) is 18.2 Å². The number of benzene rings is 1. The molecule has 0 amide bonds. The Morgan fingerprint density at radius 1 is 1.30 bits per heavy atom. The van der Waals surface area contributed by atoms with Crippen LogP contribution in [0.15, 0.2) is 30.3 Å². The molecule has 1 nitrogen and oxygen atoms in total. The van der Waals surface area contributed by atoms with Crippen molar-refractivity contribution in [2.75, 3.05) is 0 Å². The summed E-state index contributed by atoms with van der Waals surface area (Å²) in [5, 5.41) is 0. The lowest BCUT2D eigenvalue weighted by atomic mass is 10.2. The van der Waals surface area contributed by atoms with Crippen LogP contribution in [0.4, 0.5) is 0 Å². The van der Waals surface area contributed by atoms with E-state index >= 15 is 0 Å². The van der Waals surface area contributed by atoms with E-state index in [1.54, 1.807) is 0 Å². The van der Waals surface area contributed by atoms with Crippen molar-refractivity contribution in [3.8, 4) is 0 Å². The molecule has 0 atom stereocenters. The molecule has 0 aliphatic rings. The summed E-state index contributed by atoms with van der Waals surface area (Å²) in [6.45, 7) is 2.08. The van der Waals surface area contributed by atoms with Crippen LogP contribution in [0, 0.1) is 6.92 Å². The fourth-order valence-electron chi connectivity index (χ4n) is 0.534. The van der Waals surface area contributed by atoms with Gasteiger partial charge in [0.05, 0.1) is 4.21 Å². The molecule has 0 saturated carbocycles. The van der Waals surface area contributed by atoms with Crippen LogP contribution in [0.25, 0.3) is 0 Å². The average Bonchev–Trinajstić information content (AvgIpc) is 1.91. The Bertz CT molecular complexity index is 174. The second kappa shape index (κ2) is 6.71. The van der Waals surface area contributed by atoms with E-state index < -0.39 is 0 Å². The van der Waals surface area contributed by atoms with Gasteiger partial charge in [-0.25, -0.2) is 0 Å². The molecule has 0 saturated heterocycles. The van der Waals surface area contributed by atoms with Gasteiger partial charge in [0.1, 0.15) is 0 Å². The Morgan fingerprint density at radius 2 is 1.70 bits per heavy atom. The van der Waals surface area contributed by atoms with E-state index in [1.165, 1.54) is 5.56 Å². The first kappa shape index (κ1) is 9.59. The third-order valence-electron chi connectivity index (χ3n) is 0.940. The molecule has 1 rings (SSSR count). The summed E-state index contributed by atoms with van der Waals surface area (Å²) in [6.07, 6.45) is 0. The monoisotopic (exact) mass is 173 g/mol. The van der Waals surface area contributed by atoms with Crippen molar-refractivity contribution in [1.29, 1.82) is 0 Å².